The largest absolute Gasteiger partial charge is 0.337 e. The lowest BCUT2D eigenvalue weighted by Crippen LogP contribution is -2.17. The van der Waals surface area contributed by atoms with Crippen molar-refractivity contribution < 1.29 is 9.63 Å². The number of unbranched alkanes of at least 4 members (excludes halogenated alkanes) is 1. The first-order valence-corrected chi connectivity index (χ1v) is 4.17. The van der Waals surface area contributed by atoms with Crippen molar-refractivity contribution in [3.05, 3.63) is 24.5 Å². The van der Waals surface area contributed by atoms with Crippen LogP contribution in [0, 0.1) is 0 Å². The van der Waals surface area contributed by atoms with Gasteiger partial charge in [0.05, 0.1) is 0 Å². The maximum atomic E-state index is 11.0. The van der Waals surface area contributed by atoms with Gasteiger partial charge in [0.15, 0.2) is 0 Å². The number of hydrogen-bond acceptors (Lipinski definition) is 2. The first-order valence-electron chi connectivity index (χ1n) is 4.17. The van der Waals surface area contributed by atoms with Crippen molar-refractivity contribution in [1.82, 2.24) is 4.73 Å². The lowest BCUT2D eigenvalue weighted by Gasteiger charge is -2.02. The fourth-order valence-electron chi connectivity index (χ4n) is 0.864. The summed E-state index contributed by atoms with van der Waals surface area (Å²) >= 11 is 0. The number of rotatable bonds is 4. The molecule has 12 heavy (non-hydrogen) atoms. The topological polar surface area (TPSA) is 31.2 Å². The van der Waals surface area contributed by atoms with E-state index in [1.807, 2.05) is 19.1 Å². The van der Waals surface area contributed by atoms with E-state index in [9.17, 15) is 4.79 Å². The van der Waals surface area contributed by atoms with Gasteiger partial charge in [0, 0.05) is 18.8 Å². The van der Waals surface area contributed by atoms with Crippen LogP contribution in [-0.4, -0.2) is 10.7 Å². The molecule has 0 aromatic carbocycles. The van der Waals surface area contributed by atoms with Crippen molar-refractivity contribution in [2.45, 2.75) is 26.2 Å². The molecule has 0 aliphatic carbocycles. The molecule has 1 heterocycles. The van der Waals surface area contributed by atoms with Crippen LogP contribution in [0.3, 0.4) is 0 Å². The van der Waals surface area contributed by atoms with Crippen molar-refractivity contribution >= 4 is 5.97 Å². The van der Waals surface area contributed by atoms with Gasteiger partial charge in [-0.3, -0.25) is 0 Å². The van der Waals surface area contributed by atoms with E-state index in [0.717, 1.165) is 12.8 Å². The molecule has 3 heteroatoms. The predicted molar refractivity (Wildman–Crippen MR) is 45.5 cm³/mol. The third-order valence-electron chi connectivity index (χ3n) is 1.52. The number of nitrogens with zero attached hydrogens (tertiary/aromatic N) is 1. The molecule has 0 aliphatic rings. The highest BCUT2D eigenvalue weighted by Crippen LogP contribution is 1.95. The summed E-state index contributed by atoms with van der Waals surface area (Å²) in [6.07, 6.45) is 5.79. The van der Waals surface area contributed by atoms with Crippen LogP contribution in [0.15, 0.2) is 24.5 Å². The first-order chi connectivity index (χ1) is 5.83. The Morgan fingerprint density at radius 2 is 2.08 bits per heavy atom. The number of hydrogen-bond donors (Lipinski definition) is 0. The zero-order valence-electron chi connectivity index (χ0n) is 7.19. The molecule has 1 aromatic rings. The highest BCUT2D eigenvalue weighted by atomic mass is 16.7. The standard InChI is InChI=1S/C9H13NO2/c1-2-3-6-9(11)12-10-7-4-5-8-10/h4-5,7-8H,2-3,6H2,1H3. The maximum absolute atomic E-state index is 11.0. The SMILES string of the molecule is CCCCC(=O)On1cccc1. The normalized spacial score (nSPS) is 9.75. The summed E-state index contributed by atoms with van der Waals surface area (Å²) in [5, 5.41) is 0. The number of carbonyl (C=O) groups is 1. The molecule has 0 aliphatic heterocycles. The number of aromatic nitrogens is 1. The molecule has 1 rings (SSSR count). The lowest BCUT2D eigenvalue weighted by molar-refractivity contribution is -0.144. The second-order valence-corrected chi connectivity index (χ2v) is 2.61. The van der Waals surface area contributed by atoms with Crippen molar-refractivity contribution in [1.29, 1.82) is 0 Å². The van der Waals surface area contributed by atoms with Gasteiger partial charge in [-0.05, 0) is 18.6 Å². The summed E-state index contributed by atoms with van der Waals surface area (Å²) in [4.78, 5) is 16.0. The quantitative estimate of drug-likeness (QED) is 0.682. The highest BCUT2D eigenvalue weighted by molar-refractivity contribution is 5.69. The van der Waals surface area contributed by atoms with Crippen molar-refractivity contribution in [3.63, 3.8) is 0 Å². The molecule has 0 fully saturated rings. The summed E-state index contributed by atoms with van der Waals surface area (Å²) in [6, 6.07) is 3.63. The zero-order valence-corrected chi connectivity index (χ0v) is 7.19. The Kier molecular flexibility index (Phi) is 3.38. The monoisotopic (exact) mass is 167 g/mol. The van der Waals surface area contributed by atoms with Crippen LogP contribution < -0.4 is 4.84 Å². The molecule has 0 saturated heterocycles. The van der Waals surface area contributed by atoms with Gasteiger partial charge in [-0.1, -0.05) is 13.3 Å². The van der Waals surface area contributed by atoms with E-state index in [1.54, 1.807) is 12.4 Å². The van der Waals surface area contributed by atoms with Gasteiger partial charge in [0.25, 0.3) is 0 Å². The van der Waals surface area contributed by atoms with Crippen molar-refractivity contribution in [2.24, 2.45) is 0 Å². The molecule has 1 aromatic heterocycles. The maximum Gasteiger partial charge on any atom is 0.332 e. The molecule has 0 N–H and O–H groups in total. The van der Waals surface area contributed by atoms with Gasteiger partial charge in [-0.25, -0.2) is 4.79 Å². The fraction of sp³-hybridized carbons (Fsp3) is 0.444. The smallest absolute Gasteiger partial charge is 0.332 e. The second kappa shape index (κ2) is 4.59. The van der Waals surface area contributed by atoms with Crippen LogP contribution in [0.2, 0.25) is 0 Å². The third kappa shape index (κ3) is 2.78. The predicted octanol–water partition coefficient (Wildman–Crippen LogP) is 1.63. The van der Waals surface area contributed by atoms with E-state index in [4.69, 9.17) is 4.84 Å². The van der Waals surface area contributed by atoms with Gasteiger partial charge in [-0.15, -0.1) is 0 Å². The van der Waals surface area contributed by atoms with Crippen LogP contribution in [0.25, 0.3) is 0 Å². The Hall–Kier alpha value is -1.25. The molecule has 0 radical (unpaired) electrons. The molecule has 0 amide bonds. The molecule has 0 saturated carbocycles. The Morgan fingerprint density at radius 3 is 2.67 bits per heavy atom. The molecule has 0 unspecified atom stereocenters. The van der Waals surface area contributed by atoms with Crippen molar-refractivity contribution in [2.75, 3.05) is 0 Å². The van der Waals surface area contributed by atoms with Gasteiger partial charge in [0.2, 0.25) is 0 Å². The van der Waals surface area contributed by atoms with E-state index in [-0.39, 0.29) is 5.97 Å². The average Bonchev–Trinajstić information content (AvgIpc) is 2.53. The molecule has 66 valence electrons. The lowest BCUT2D eigenvalue weighted by atomic mass is 10.3. The summed E-state index contributed by atoms with van der Waals surface area (Å²) in [5.41, 5.74) is 0. The van der Waals surface area contributed by atoms with Crippen LogP contribution in [0.4, 0.5) is 0 Å². The Bertz CT molecular complexity index is 229. The van der Waals surface area contributed by atoms with E-state index >= 15 is 0 Å². The van der Waals surface area contributed by atoms with Crippen molar-refractivity contribution in [3.8, 4) is 0 Å². The Morgan fingerprint density at radius 1 is 1.42 bits per heavy atom. The molecule has 3 nitrogen and oxygen atoms in total. The molecule has 0 spiro atoms. The highest BCUT2D eigenvalue weighted by Gasteiger charge is 2.01. The van der Waals surface area contributed by atoms with Gasteiger partial charge in [-0.2, -0.15) is 4.73 Å². The van der Waals surface area contributed by atoms with E-state index in [1.165, 1.54) is 4.73 Å². The van der Waals surface area contributed by atoms with E-state index < -0.39 is 0 Å². The molecule has 0 bridgehead atoms. The molecular formula is C9H13NO2. The number of carbonyl (C=O) groups excluding carboxylic acids is 1. The summed E-state index contributed by atoms with van der Waals surface area (Å²) < 4.78 is 1.41. The zero-order chi connectivity index (χ0) is 8.81. The van der Waals surface area contributed by atoms with E-state index in [2.05, 4.69) is 0 Å². The van der Waals surface area contributed by atoms with Gasteiger partial charge >= 0.3 is 5.97 Å². The van der Waals surface area contributed by atoms with E-state index in [0.29, 0.717) is 6.42 Å². The minimum Gasteiger partial charge on any atom is -0.337 e. The average molecular weight is 167 g/mol. The minimum atomic E-state index is -0.173. The second-order valence-electron chi connectivity index (χ2n) is 2.61. The van der Waals surface area contributed by atoms with Crippen LogP contribution in [-0.2, 0) is 4.79 Å². The molecule has 0 atom stereocenters. The van der Waals surface area contributed by atoms with Crippen LogP contribution >= 0.6 is 0 Å². The Labute approximate surface area is 71.9 Å². The van der Waals surface area contributed by atoms with Gasteiger partial charge in [0.1, 0.15) is 0 Å². The fourth-order valence-corrected chi connectivity index (χ4v) is 0.864. The van der Waals surface area contributed by atoms with Crippen LogP contribution in [0.1, 0.15) is 26.2 Å². The third-order valence-corrected chi connectivity index (χ3v) is 1.52. The molecular weight excluding hydrogens is 154 g/mol. The van der Waals surface area contributed by atoms with Gasteiger partial charge < -0.3 is 4.84 Å². The summed E-state index contributed by atoms with van der Waals surface area (Å²) in [6.45, 7) is 2.04. The summed E-state index contributed by atoms with van der Waals surface area (Å²) in [5.74, 6) is -0.173. The summed E-state index contributed by atoms with van der Waals surface area (Å²) in [7, 11) is 0. The Balaban J connectivity index is 2.27. The first kappa shape index (κ1) is 8.84. The van der Waals surface area contributed by atoms with Crippen LogP contribution in [0.5, 0.6) is 0 Å². The minimum absolute atomic E-state index is 0.173.